The van der Waals surface area contributed by atoms with Crippen LogP contribution in [0.5, 0.6) is 5.75 Å². The zero-order valence-electron chi connectivity index (χ0n) is 38.4. The number of benzene rings is 2. The highest BCUT2D eigenvalue weighted by Crippen LogP contribution is 2.19. The molecule has 0 atom stereocenters. The quantitative estimate of drug-likeness (QED) is 0.0147. The van der Waals surface area contributed by atoms with Gasteiger partial charge in [0.1, 0.15) is 11.6 Å². The van der Waals surface area contributed by atoms with Crippen molar-refractivity contribution in [3.8, 4) is 5.75 Å². The normalized spacial score (nSPS) is 11.0. The number of nitrogens with one attached hydrogen (secondary N) is 4. The van der Waals surface area contributed by atoms with Crippen LogP contribution in [-0.2, 0) is 60.6 Å². The van der Waals surface area contributed by atoms with E-state index in [2.05, 4.69) is 53.2 Å². The van der Waals surface area contributed by atoms with Gasteiger partial charge in [-0.2, -0.15) is 15.0 Å². The molecule has 2 aromatic carbocycles. The van der Waals surface area contributed by atoms with E-state index in [4.69, 9.17) is 48.2 Å². The van der Waals surface area contributed by atoms with E-state index >= 15 is 0 Å². The molecule has 3 aromatic rings. The molecule has 23 heteroatoms. The number of hydrogen-bond donors (Lipinski definition) is 4. The topological polar surface area (TPSA) is 253 Å². The molecule has 67 heavy (non-hydrogen) atoms. The third-order valence-electron chi connectivity index (χ3n) is 8.80. The van der Waals surface area contributed by atoms with Crippen molar-refractivity contribution >= 4 is 29.6 Å². The Morgan fingerprint density at radius 2 is 1.16 bits per heavy atom. The van der Waals surface area contributed by atoms with E-state index in [1.54, 1.807) is 12.1 Å². The summed E-state index contributed by atoms with van der Waals surface area (Å²) in [7, 11) is 0. The number of ketones is 1. The number of Topliss-reactive ketones (excluding diaryl/α,β-unsaturated/α-hetero) is 1. The second-order valence-corrected chi connectivity index (χ2v) is 14.2. The van der Waals surface area contributed by atoms with Gasteiger partial charge in [0, 0.05) is 44.1 Å². The Kier molecular flexibility index (Phi) is 31.7. The number of ether oxygens (including phenoxy) is 9. The summed E-state index contributed by atoms with van der Waals surface area (Å²) in [4.78, 5) is 40.4. The first-order valence-electron chi connectivity index (χ1n) is 22.4. The van der Waals surface area contributed by atoms with Gasteiger partial charge in [0.25, 0.3) is 0 Å². The summed E-state index contributed by atoms with van der Waals surface area (Å²) in [5.41, 5.74) is 9.50. The Bertz CT molecular complexity index is 1850. The summed E-state index contributed by atoms with van der Waals surface area (Å²) in [5.74, 6) is -0.777. The Morgan fingerprint density at radius 1 is 0.627 bits per heavy atom. The van der Waals surface area contributed by atoms with E-state index in [1.807, 2.05) is 6.07 Å². The number of rotatable bonds is 43. The lowest BCUT2D eigenvalue weighted by Gasteiger charge is -2.12. The summed E-state index contributed by atoms with van der Waals surface area (Å²) < 4.78 is 76.8. The fourth-order valence-corrected chi connectivity index (χ4v) is 5.41. The zero-order valence-corrected chi connectivity index (χ0v) is 38.4. The molecule has 0 radical (unpaired) electrons. The summed E-state index contributed by atoms with van der Waals surface area (Å²) in [6, 6.07) is 10.5. The van der Waals surface area contributed by atoms with E-state index in [0.29, 0.717) is 135 Å². The smallest absolute Gasteiger partial charge is 0.313 e. The van der Waals surface area contributed by atoms with Crippen LogP contribution in [-0.4, -0.2) is 159 Å². The van der Waals surface area contributed by atoms with Crippen molar-refractivity contribution in [3.63, 3.8) is 0 Å². The Balaban J connectivity index is 1.12. The number of nitrogens with zero attached hydrogens (tertiary/aromatic N) is 6. The molecule has 0 unspecified atom stereocenters. The molecule has 0 saturated heterocycles. The van der Waals surface area contributed by atoms with Crippen molar-refractivity contribution in [1.82, 2.24) is 20.3 Å². The number of azide groups is 1. The number of carbonyl (C=O) groups is 2. The monoisotopic (exact) mass is 948 g/mol. The maximum atomic E-state index is 14.6. The molecule has 0 aliphatic carbocycles. The van der Waals surface area contributed by atoms with Gasteiger partial charge >= 0.3 is 5.97 Å². The van der Waals surface area contributed by atoms with E-state index in [-0.39, 0.29) is 63.1 Å². The average Bonchev–Trinajstić information content (AvgIpc) is 3.31. The number of esters is 1. The molecule has 0 saturated carbocycles. The number of hydrogen-bond acceptors (Lipinski definition) is 19. The molecule has 372 valence electrons. The lowest BCUT2D eigenvalue weighted by atomic mass is 10.2. The van der Waals surface area contributed by atoms with Crippen LogP contribution in [0, 0.1) is 11.6 Å². The SMILES string of the molecule is CCCCNc1nc(NCCOCCOCCC(=O)CNCc2ccc(OC(=O)CCOCCOCCOCCOCCOCCOCCN=[N+]=[N-])c(F)c2)nc(NCc2cccc(F)c2)n1. The number of halogens is 2. The molecular formula is C44H66F2N10O11. The standard InChI is InChI=1S/C44H66F2N10O11/c1-2-3-11-49-42-53-43(55-44(54-42)51-33-35-5-4-6-37(45)30-35)50-12-16-61-20-18-59-14-9-38(57)34-48-32-36-7-8-40(39(46)31-36)67-41(58)10-15-60-19-22-63-24-26-65-28-29-66-27-25-64-23-21-62-17-13-52-56-47/h4-8,30-31,48H,2-3,9-29,32-34H2,1H3,(H3,49,50,51,53,54,55). The molecule has 3 rings (SSSR count). The van der Waals surface area contributed by atoms with E-state index < -0.39 is 11.8 Å². The highest BCUT2D eigenvalue weighted by Gasteiger charge is 2.12. The van der Waals surface area contributed by atoms with E-state index in [1.165, 1.54) is 24.3 Å². The van der Waals surface area contributed by atoms with Crippen LogP contribution in [0.4, 0.5) is 26.6 Å². The second kappa shape index (κ2) is 37.8. The number of anilines is 3. The molecule has 21 nitrogen and oxygen atoms in total. The number of carbonyl (C=O) groups excluding carboxylic acids is 2. The van der Waals surface area contributed by atoms with E-state index in [9.17, 15) is 18.4 Å². The molecule has 0 bridgehead atoms. The fourth-order valence-electron chi connectivity index (χ4n) is 5.41. The van der Waals surface area contributed by atoms with Crippen LogP contribution < -0.4 is 26.0 Å². The second-order valence-electron chi connectivity index (χ2n) is 14.2. The van der Waals surface area contributed by atoms with Gasteiger partial charge in [-0.25, -0.2) is 8.78 Å². The summed E-state index contributed by atoms with van der Waals surface area (Å²) in [6.07, 6.45) is 2.11. The molecule has 0 aliphatic heterocycles. The van der Waals surface area contributed by atoms with Gasteiger partial charge in [-0.3, -0.25) is 9.59 Å². The van der Waals surface area contributed by atoms with Crippen LogP contribution in [0.25, 0.3) is 10.4 Å². The van der Waals surface area contributed by atoms with Gasteiger partial charge in [-0.15, -0.1) is 0 Å². The van der Waals surface area contributed by atoms with Crippen molar-refractivity contribution in [2.75, 3.05) is 148 Å². The molecule has 1 aromatic heterocycles. The molecular weight excluding hydrogens is 883 g/mol. The summed E-state index contributed by atoms with van der Waals surface area (Å²) in [5, 5.41) is 15.8. The van der Waals surface area contributed by atoms with Crippen LogP contribution in [0.1, 0.15) is 43.7 Å². The van der Waals surface area contributed by atoms with Gasteiger partial charge in [0.2, 0.25) is 17.8 Å². The van der Waals surface area contributed by atoms with Crippen molar-refractivity contribution in [2.24, 2.45) is 5.11 Å². The van der Waals surface area contributed by atoms with E-state index in [0.717, 1.165) is 18.4 Å². The fraction of sp³-hybridized carbons (Fsp3) is 0.614. The maximum Gasteiger partial charge on any atom is 0.313 e. The van der Waals surface area contributed by atoms with Crippen LogP contribution >= 0.6 is 0 Å². The van der Waals surface area contributed by atoms with Crippen LogP contribution in [0.3, 0.4) is 0 Å². The molecule has 0 spiro atoms. The Hall–Kier alpha value is -5.20. The highest BCUT2D eigenvalue weighted by molar-refractivity contribution is 5.80. The number of unbranched alkanes of at least 4 members (excludes halogenated alkanes) is 1. The minimum Gasteiger partial charge on any atom is -0.423 e. The molecule has 0 fully saturated rings. The van der Waals surface area contributed by atoms with Gasteiger partial charge in [0.05, 0.1) is 119 Å². The van der Waals surface area contributed by atoms with Crippen LogP contribution in [0.2, 0.25) is 0 Å². The first-order valence-corrected chi connectivity index (χ1v) is 22.4. The van der Waals surface area contributed by atoms with Gasteiger partial charge in [-0.1, -0.05) is 36.7 Å². The largest absolute Gasteiger partial charge is 0.423 e. The minimum absolute atomic E-state index is 0.0665. The maximum absolute atomic E-state index is 14.6. The van der Waals surface area contributed by atoms with Crippen molar-refractivity contribution in [2.45, 2.75) is 45.7 Å². The lowest BCUT2D eigenvalue weighted by Crippen LogP contribution is -2.23. The van der Waals surface area contributed by atoms with Crippen molar-refractivity contribution < 1.29 is 61.0 Å². The summed E-state index contributed by atoms with van der Waals surface area (Å²) in [6.45, 7) is 9.76. The Labute approximate surface area is 390 Å². The molecule has 0 aliphatic rings. The molecule has 1 heterocycles. The third kappa shape index (κ3) is 29.2. The van der Waals surface area contributed by atoms with Crippen molar-refractivity contribution in [3.05, 3.63) is 75.7 Å². The zero-order chi connectivity index (χ0) is 47.8. The molecule has 4 N–H and O–H groups in total. The predicted molar refractivity (Wildman–Crippen MR) is 244 cm³/mol. The predicted octanol–water partition coefficient (Wildman–Crippen LogP) is 4.87. The van der Waals surface area contributed by atoms with Crippen molar-refractivity contribution in [1.29, 1.82) is 0 Å². The summed E-state index contributed by atoms with van der Waals surface area (Å²) >= 11 is 0. The van der Waals surface area contributed by atoms with Gasteiger partial charge in [-0.05, 0) is 47.3 Å². The first-order chi connectivity index (χ1) is 32.9. The van der Waals surface area contributed by atoms with Crippen LogP contribution in [0.15, 0.2) is 47.6 Å². The first kappa shape index (κ1) is 56.1. The van der Waals surface area contributed by atoms with Gasteiger partial charge in [0.15, 0.2) is 11.6 Å². The minimum atomic E-state index is -0.698. The highest BCUT2D eigenvalue weighted by atomic mass is 19.1. The number of aromatic nitrogens is 3. The lowest BCUT2D eigenvalue weighted by molar-refractivity contribution is -0.136. The molecule has 0 amide bonds. The average molecular weight is 949 g/mol. The van der Waals surface area contributed by atoms with Gasteiger partial charge < -0.3 is 63.9 Å². The third-order valence-corrected chi connectivity index (χ3v) is 8.80. The Morgan fingerprint density at radius 3 is 1.75 bits per heavy atom.